The molecule has 8 nitrogen and oxygen atoms in total. The molecule has 2 rings (SSSR count). The summed E-state index contributed by atoms with van der Waals surface area (Å²) < 4.78 is 5.41. The molecule has 1 aliphatic rings. The Kier molecular flexibility index (Phi) is 8.38. The standard InChI is InChI=1S/C22H31N3O5/c1-5-13(2)19-22(29)30-14(3)11-18(26)24-17(12-16-9-7-6-8-10-16)21(28)23-15(4)20(27)25-19/h6-10,13-15,17,19H,5,11-12H2,1-4H3,(H,23,28)(H,24,26)(H,25,27)/t13-,14+,15-,17-,19+/m0/s1. The van der Waals surface area contributed by atoms with Crippen molar-refractivity contribution >= 4 is 23.7 Å². The van der Waals surface area contributed by atoms with Crippen molar-refractivity contribution in [3.63, 3.8) is 0 Å². The molecule has 1 saturated heterocycles. The number of nitrogens with one attached hydrogen (secondary N) is 3. The van der Waals surface area contributed by atoms with E-state index in [0.717, 1.165) is 5.56 Å². The molecule has 0 saturated carbocycles. The van der Waals surface area contributed by atoms with Crippen LogP contribution in [0, 0.1) is 5.92 Å². The quantitative estimate of drug-likeness (QED) is 0.635. The lowest BCUT2D eigenvalue weighted by Crippen LogP contribution is -2.55. The van der Waals surface area contributed by atoms with E-state index in [4.69, 9.17) is 4.74 Å². The second-order valence-corrected chi connectivity index (χ2v) is 7.86. The summed E-state index contributed by atoms with van der Waals surface area (Å²) in [7, 11) is 0. The predicted molar refractivity (Wildman–Crippen MR) is 111 cm³/mol. The van der Waals surface area contributed by atoms with Crippen molar-refractivity contribution in [1.29, 1.82) is 0 Å². The maximum atomic E-state index is 12.8. The van der Waals surface area contributed by atoms with Crippen molar-refractivity contribution in [2.75, 3.05) is 0 Å². The highest BCUT2D eigenvalue weighted by Crippen LogP contribution is 2.13. The summed E-state index contributed by atoms with van der Waals surface area (Å²) in [5, 5.41) is 8.04. The molecular formula is C22H31N3O5. The van der Waals surface area contributed by atoms with Gasteiger partial charge in [0.1, 0.15) is 24.2 Å². The molecular weight excluding hydrogens is 386 g/mol. The van der Waals surface area contributed by atoms with Gasteiger partial charge in [-0.15, -0.1) is 0 Å². The van der Waals surface area contributed by atoms with Crippen molar-refractivity contribution < 1.29 is 23.9 Å². The summed E-state index contributed by atoms with van der Waals surface area (Å²) in [6.45, 7) is 6.89. The molecule has 3 amide bonds. The molecule has 3 N–H and O–H groups in total. The van der Waals surface area contributed by atoms with Crippen molar-refractivity contribution in [2.24, 2.45) is 5.92 Å². The van der Waals surface area contributed by atoms with Crippen LogP contribution in [0.5, 0.6) is 0 Å². The van der Waals surface area contributed by atoms with E-state index >= 15 is 0 Å². The number of benzene rings is 1. The first-order valence-electron chi connectivity index (χ1n) is 10.4. The van der Waals surface area contributed by atoms with E-state index in [2.05, 4.69) is 16.0 Å². The molecule has 0 aromatic heterocycles. The Balaban J connectivity index is 2.27. The summed E-state index contributed by atoms with van der Waals surface area (Å²) in [6, 6.07) is 6.68. The van der Waals surface area contributed by atoms with E-state index in [-0.39, 0.29) is 18.8 Å². The summed E-state index contributed by atoms with van der Waals surface area (Å²) in [4.78, 5) is 50.6. The fourth-order valence-electron chi connectivity index (χ4n) is 3.21. The SMILES string of the molecule is CC[C@H](C)[C@H]1NC(=O)[C@H](C)NC(=O)[C@H](Cc2ccccc2)NC(=O)C[C@@H](C)OC1=O. The Labute approximate surface area is 177 Å². The van der Waals surface area contributed by atoms with Crippen LogP contribution in [0.25, 0.3) is 0 Å². The topological polar surface area (TPSA) is 114 Å². The number of hydrogen-bond donors (Lipinski definition) is 3. The third-order valence-electron chi connectivity index (χ3n) is 5.24. The van der Waals surface area contributed by atoms with E-state index in [1.54, 1.807) is 6.92 Å². The number of esters is 1. The number of rotatable bonds is 4. The van der Waals surface area contributed by atoms with Gasteiger partial charge in [0.25, 0.3) is 0 Å². The van der Waals surface area contributed by atoms with Gasteiger partial charge in [-0.25, -0.2) is 4.79 Å². The van der Waals surface area contributed by atoms with Crippen LogP contribution in [0.2, 0.25) is 0 Å². The average Bonchev–Trinajstić information content (AvgIpc) is 2.70. The number of amides is 3. The second-order valence-electron chi connectivity index (χ2n) is 7.86. The minimum Gasteiger partial charge on any atom is -0.461 e. The Bertz CT molecular complexity index is 767. The van der Waals surface area contributed by atoms with Gasteiger partial charge in [0.05, 0.1) is 6.42 Å². The van der Waals surface area contributed by atoms with Crippen LogP contribution in [0.1, 0.15) is 46.1 Å². The monoisotopic (exact) mass is 417 g/mol. The van der Waals surface area contributed by atoms with Crippen LogP contribution in [-0.2, 0) is 30.3 Å². The molecule has 0 radical (unpaired) electrons. The first kappa shape index (κ1) is 23.4. The largest absolute Gasteiger partial charge is 0.461 e. The minimum atomic E-state index is -0.884. The van der Waals surface area contributed by atoms with Crippen molar-refractivity contribution in [1.82, 2.24) is 16.0 Å². The number of carbonyl (C=O) groups is 4. The first-order chi connectivity index (χ1) is 14.2. The minimum absolute atomic E-state index is 0.0823. The Morgan fingerprint density at radius 2 is 1.67 bits per heavy atom. The van der Waals surface area contributed by atoms with Gasteiger partial charge >= 0.3 is 5.97 Å². The molecule has 1 heterocycles. The van der Waals surface area contributed by atoms with E-state index in [9.17, 15) is 19.2 Å². The first-order valence-corrected chi connectivity index (χ1v) is 10.4. The van der Waals surface area contributed by atoms with Crippen molar-refractivity contribution in [3.8, 4) is 0 Å². The molecule has 164 valence electrons. The smallest absolute Gasteiger partial charge is 0.329 e. The van der Waals surface area contributed by atoms with Gasteiger partial charge in [0.2, 0.25) is 17.7 Å². The average molecular weight is 418 g/mol. The van der Waals surface area contributed by atoms with Gasteiger partial charge < -0.3 is 20.7 Å². The third kappa shape index (κ3) is 6.57. The lowest BCUT2D eigenvalue weighted by Gasteiger charge is -2.25. The second kappa shape index (κ2) is 10.8. The lowest BCUT2D eigenvalue weighted by molar-refractivity contribution is -0.154. The molecule has 30 heavy (non-hydrogen) atoms. The van der Waals surface area contributed by atoms with Crippen molar-refractivity contribution in [2.45, 2.75) is 71.2 Å². The Morgan fingerprint density at radius 3 is 2.30 bits per heavy atom. The normalized spacial score (nSPS) is 27.3. The summed E-state index contributed by atoms with van der Waals surface area (Å²) in [5.74, 6) is -2.10. The number of ether oxygens (including phenoxy) is 1. The zero-order chi connectivity index (χ0) is 22.3. The molecule has 1 aliphatic heterocycles. The van der Waals surface area contributed by atoms with E-state index in [1.807, 2.05) is 44.2 Å². The highest BCUT2D eigenvalue weighted by atomic mass is 16.5. The Morgan fingerprint density at radius 1 is 1.00 bits per heavy atom. The molecule has 0 aliphatic carbocycles. The molecule has 0 unspecified atom stereocenters. The molecule has 1 aromatic carbocycles. The molecule has 8 heteroatoms. The summed E-state index contributed by atoms with van der Waals surface area (Å²) in [5.41, 5.74) is 0.871. The highest BCUT2D eigenvalue weighted by Gasteiger charge is 2.33. The maximum Gasteiger partial charge on any atom is 0.329 e. The lowest BCUT2D eigenvalue weighted by atomic mass is 9.98. The molecule has 1 fully saturated rings. The third-order valence-corrected chi connectivity index (χ3v) is 5.24. The summed E-state index contributed by atoms with van der Waals surface area (Å²) in [6.07, 6.45) is 0.145. The zero-order valence-corrected chi connectivity index (χ0v) is 17.9. The van der Waals surface area contributed by atoms with Gasteiger partial charge in [-0.3, -0.25) is 14.4 Å². The highest BCUT2D eigenvalue weighted by molar-refractivity contribution is 5.94. The van der Waals surface area contributed by atoms with Gasteiger partial charge in [-0.05, 0) is 25.3 Å². The summed E-state index contributed by atoms with van der Waals surface area (Å²) >= 11 is 0. The van der Waals surface area contributed by atoms with Crippen LogP contribution in [0.15, 0.2) is 30.3 Å². The van der Waals surface area contributed by atoms with E-state index in [1.165, 1.54) is 6.92 Å². The van der Waals surface area contributed by atoms with Crippen LogP contribution < -0.4 is 16.0 Å². The fourth-order valence-corrected chi connectivity index (χ4v) is 3.21. The fraction of sp³-hybridized carbons (Fsp3) is 0.545. The maximum absolute atomic E-state index is 12.8. The van der Waals surface area contributed by atoms with Crippen LogP contribution >= 0.6 is 0 Å². The molecule has 1 aromatic rings. The van der Waals surface area contributed by atoms with E-state index in [0.29, 0.717) is 6.42 Å². The number of cyclic esters (lactones) is 1. The van der Waals surface area contributed by atoms with Gasteiger partial charge in [0.15, 0.2) is 0 Å². The van der Waals surface area contributed by atoms with Gasteiger partial charge in [0, 0.05) is 6.42 Å². The van der Waals surface area contributed by atoms with Crippen LogP contribution in [0.3, 0.4) is 0 Å². The van der Waals surface area contributed by atoms with Crippen molar-refractivity contribution in [3.05, 3.63) is 35.9 Å². The number of carbonyl (C=O) groups excluding carboxylic acids is 4. The van der Waals surface area contributed by atoms with Crippen LogP contribution in [-0.4, -0.2) is 47.9 Å². The molecule has 0 bridgehead atoms. The number of hydrogen-bond acceptors (Lipinski definition) is 5. The van der Waals surface area contributed by atoms with Gasteiger partial charge in [-0.1, -0.05) is 50.6 Å². The van der Waals surface area contributed by atoms with Gasteiger partial charge in [-0.2, -0.15) is 0 Å². The zero-order valence-electron chi connectivity index (χ0n) is 17.9. The predicted octanol–water partition coefficient (Wildman–Crippen LogP) is 1.08. The molecule has 0 spiro atoms. The molecule has 5 atom stereocenters. The van der Waals surface area contributed by atoms with E-state index < -0.39 is 47.9 Å². The Hall–Kier alpha value is -2.90. The van der Waals surface area contributed by atoms with Crippen LogP contribution in [0.4, 0.5) is 0 Å².